The topological polar surface area (TPSA) is 111 Å². The van der Waals surface area contributed by atoms with E-state index >= 15 is 0 Å². The number of nitrogens with one attached hydrogen (secondary N) is 2. The van der Waals surface area contributed by atoms with Gasteiger partial charge < -0.3 is 19.9 Å². The molecule has 4 aromatic rings. The van der Waals surface area contributed by atoms with E-state index in [0.717, 1.165) is 11.3 Å². The minimum atomic E-state index is -0.231. The van der Waals surface area contributed by atoms with Gasteiger partial charge in [-0.15, -0.1) is 21.5 Å². The van der Waals surface area contributed by atoms with E-state index in [-0.39, 0.29) is 24.1 Å². The van der Waals surface area contributed by atoms with E-state index in [1.165, 1.54) is 23.1 Å². The number of rotatable bonds is 9. The molecule has 2 heterocycles. The maximum Gasteiger partial charge on any atom is 0.251 e. The fraction of sp³-hybridized carbons (Fsp3) is 0.174. The van der Waals surface area contributed by atoms with Crippen LogP contribution in [0.15, 0.2) is 59.1 Å². The SMILES string of the molecule is COc1ccc(C(=O)NCc2nnc(SCC(=O)Nc3nc(-c4ccc(Cl)cc4)cs3)n2C)cc1. The molecule has 0 saturated heterocycles. The number of amides is 2. The Morgan fingerprint density at radius 1 is 1.11 bits per heavy atom. The molecule has 0 aliphatic carbocycles. The molecule has 0 unspecified atom stereocenters. The number of carbonyl (C=O) groups is 2. The Hall–Kier alpha value is -3.41. The molecule has 0 aliphatic rings. The second kappa shape index (κ2) is 11.3. The lowest BCUT2D eigenvalue weighted by Crippen LogP contribution is -2.24. The van der Waals surface area contributed by atoms with E-state index in [9.17, 15) is 9.59 Å². The Labute approximate surface area is 214 Å². The summed E-state index contributed by atoms with van der Waals surface area (Å²) in [6.45, 7) is 0.202. The highest BCUT2D eigenvalue weighted by molar-refractivity contribution is 7.99. The van der Waals surface area contributed by atoms with Crippen molar-refractivity contribution in [2.75, 3.05) is 18.2 Å². The van der Waals surface area contributed by atoms with E-state index in [2.05, 4.69) is 25.8 Å². The fourth-order valence-electron chi connectivity index (χ4n) is 3.00. The third kappa shape index (κ3) is 6.38. The third-order valence-corrected chi connectivity index (χ3v) is 6.94. The van der Waals surface area contributed by atoms with Gasteiger partial charge in [-0.3, -0.25) is 9.59 Å². The first-order valence-corrected chi connectivity index (χ1v) is 12.6. The highest BCUT2D eigenvalue weighted by atomic mass is 35.5. The molecule has 4 rings (SSSR count). The van der Waals surface area contributed by atoms with Gasteiger partial charge in [0, 0.05) is 28.6 Å². The molecule has 0 spiro atoms. The number of hydrogen-bond donors (Lipinski definition) is 2. The van der Waals surface area contributed by atoms with Crippen LogP contribution in [0.4, 0.5) is 5.13 Å². The number of methoxy groups -OCH3 is 1. The van der Waals surface area contributed by atoms with E-state index in [1.54, 1.807) is 55.1 Å². The number of thioether (sulfide) groups is 1. The van der Waals surface area contributed by atoms with Crippen LogP contribution >= 0.6 is 34.7 Å². The van der Waals surface area contributed by atoms with Crippen molar-refractivity contribution in [2.24, 2.45) is 7.05 Å². The normalized spacial score (nSPS) is 10.7. The summed E-state index contributed by atoms with van der Waals surface area (Å²) in [6, 6.07) is 14.2. The van der Waals surface area contributed by atoms with Crippen LogP contribution in [-0.4, -0.2) is 44.4 Å². The van der Waals surface area contributed by atoms with Gasteiger partial charge >= 0.3 is 0 Å². The first-order chi connectivity index (χ1) is 16.9. The van der Waals surface area contributed by atoms with Gasteiger partial charge in [-0.25, -0.2) is 4.98 Å². The van der Waals surface area contributed by atoms with Crippen LogP contribution in [0, 0.1) is 0 Å². The van der Waals surface area contributed by atoms with Crippen molar-refractivity contribution in [1.29, 1.82) is 0 Å². The summed E-state index contributed by atoms with van der Waals surface area (Å²) in [7, 11) is 3.36. The van der Waals surface area contributed by atoms with E-state index in [0.29, 0.717) is 32.4 Å². The molecule has 180 valence electrons. The Morgan fingerprint density at radius 2 is 1.86 bits per heavy atom. The van der Waals surface area contributed by atoms with Crippen LogP contribution in [0.1, 0.15) is 16.2 Å². The van der Waals surface area contributed by atoms with Gasteiger partial charge in [-0.05, 0) is 36.4 Å². The summed E-state index contributed by atoms with van der Waals surface area (Å²) in [4.78, 5) is 29.2. The maximum absolute atomic E-state index is 12.4. The van der Waals surface area contributed by atoms with Gasteiger partial charge in [0.25, 0.3) is 5.91 Å². The Balaban J connectivity index is 1.27. The van der Waals surface area contributed by atoms with E-state index in [1.807, 2.05) is 17.5 Å². The standard InChI is InChI=1S/C23H21ClN6O3S2/c1-30-19(11-25-21(32)15-5-9-17(33-2)10-6-15)28-29-23(30)35-13-20(31)27-22-26-18(12-34-22)14-3-7-16(24)8-4-14/h3-10,12H,11,13H2,1-2H3,(H,25,32)(H,26,27,31). The van der Waals surface area contributed by atoms with Crippen LogP contribution in [0.25, 0.3) is 11.3 Å². The van der Waals surface area contributed by atoms with Crippen molar-refractivity contribution in [3.63, 3.8) is 0 Å². The summed E-state index contributed by atoms with van der Waals surface area (Å²) in [5, 5.41) is 17.5. The summed E-state index contributed by atoms with van der Waals surface area (Å²) >= 11 is 8.52. The molecule has 0 atom stereocenters. The molecule has 2 aromatic heterocycles. The second-order valence-electron chi connectivity index (χ2n) is 7.25. The number of halogens is 1. The first-order valence-electron chi connectivity index (χ1n) is 10.4. The first kappa shape index (κ1) is 24.7. The Bertz CT molecular complexity index is 1320. The molecule has 0 aliphatic heterocycles. The summed E-state index contributed by atoms with van der Waals surface area (Å²) in [6.07, 6.45) is 0. The summed E-state index contributed by atoms with van der Waals surface area (Å²) < 4.78 is 6.85. The van der Waals surface area contributed by atoms with Gasteiger partial charge in [0.2, 0.25) is 5.91 Å². The van der Waals surface area contributed by atoms with Gasteiger partial charge in [0.15, 0.2) is 16.1 Å². The maximum atomic E-state index is 12.4. The highest BCUT2D eigenvalue weighted by Gasteiger charge is 2.14. The molecule has 2 aromatic carbocycles. The van der Waals surface area contributed by atoms with Crippen LogP contribution in [-0.2, 0) is 18.4 Å². The number of ether oxygens (including phenoxy) is 1. The lowest BCUT2D eigenvalue weighted by atomic mass is 10.2. The number of thiazole rings is 1. The monoisotopic (exact) mass is 528 g/mol. The minimum Gasteiger partial charge on any atom is -0.497 e. The zero-order chi connectivity index (χ0) is 24.8. The molecule has 35 heavy (non-hydrogen) atoms. The van der Waals surface area contributed by atoms with Crippen LogP contribution < -0.4 is 15.4 Å². The molecule has 0 fully saturated rings. The lowest BCUT2D eigenvalue weighted by molar-refractivity contribution is -0.113. The number of hydrogen-bond acceptors (Lipinski definition) is 8. The number of benzene rings is 2. The molecule has 0 bridgehead atoms. The van der Waals surface area contributed by atoms with E-state index in [4.69, 9.17) is 16.3 Å². The fourth-order valence-corrected chi connectivity index (χ4v) is 4.59. The Morgan fingerprint density at radius 3 is 2.57 bits per heavy atom. The van der Waals surface area contributed by atoms with Crippen molar-refractivity contribution in [2.45, 2.75) is 11.7 Å². The zero-order valence-corrected chi connectivity index (χ0v) is 21.2. The number of aromatic nitrogens is 4. The van der Waals surface area contributed by atoms with Crippen LogP contribution in [0.5, 0.6) is 5.75 Å². The second-order valence-corrected chi connectivity index (χ2v) is 9.49. The predicted octanol–water partition coefficient (Wildman–Crippen LogP) is 4.26. The minimum absolute atomic E-state index is 0.139. The van der Waals surface area contributed by atoms with Crippen molar-refractivity contribution >= 4 is 51.6 Å². The average Bonchev–Trinajstić information content (AvgIpc) is 3.48. The van der Waals surface area contributed by atoms with Crippen molar-refractivity contribution in [3.8, 4) is 17.0 Å². The largest absolute Gasteiger partial charge is 0.497 e. The molecule has 2 N–H and O–H groups in total. The van der Waals surface area contributed by atoms with E-state index < -0.39 is 0 Å². The molecule has 2 amide bonds. The summed E-state index contributed by atoms with van der Waals surface area (Å²) in [5.41, 5.74) is 2.20. The molecule has 0 saturated carbocycles. The predicted molar refractivity (Wildman–Crippen MR) is 137 cm³/mol. The van der Waals surface area contributed by atoms with Crippen LogP contribution in [0.3, 0.4) is 0 Å². The van der Waals surface area contributed by atoms with Crippen molar-refractivity contribution in [1.82, 2.24) is 25.1 Å². The van der Waals surface area contributed by atoms with Gasteiger partial charge in [0.1, 0.15) is 5.75 Å². The zero-order valence-electron chi connectivity index (χ0n) is 18.8. The average molecular weight is 529 g/mol. The molecule has 9 nitrogen and oxygen atoms in total. The number of carbonyl (C=O) groups excluding carboxylic acids is 2. The number of anilines is 1. The van der Waals surface area contributed by atoms with Crippen molar-refractivity contribution in [3.05, 3.63) is 70.3 Å². The number of nitrogens with zero attached hydrogens (tertiary/aromatic N) is 4. The highest BCUT2D eigenvalue weighted by Crippen LogP contribution is 2.26. The molecule has 0 radical (unpaired) electrons. The lowest BCUT2D eigenvalue weighted by Gasteiger charge is -2.07. The molecular weight excluding hydrogens is 508 g/mol. The smallest absolute Gasteiger partial charge is 0.251 e. The van der Waals surface area contributed by atoms with Crippen LogP contribution in [0.2, 0.25) is 5.02 Å². The van der Waals surface area contributed by atoms with Gasteiger partial charge in [-0.2, -0.15) is 0 Å². The molecular formula is C23H21ClN6O3S2. The van der Waals surface area contributed by atoms with Gasteiger partial charge in [-0.1, -0.05) is 35.5 Å². The van der Waals surface area contributed by atoms with Gasteiger partial charge in [0.05, 0.1) is 25.1 Å². The summed E-state index contributed by atoms with van der Waals surface area (Å²) in [5.74, 6) is 0.953. The quantitative estimate of drug-likeness (QED) is 0.312. The molecule has 12 heteroatoms. The Kier molecular flexibility index (Phi) is 8.01. The third-order valence-electron chi connectivity index (χ3n) is 4.91. The van der Waals surface area contributed by atoms with Crippen molar-refractivity contribution < 1.29 is 14.3 Å².